The first-order valence-electron chi connectivity index (χ1n) is 4.81. The van der Waals surface area contributed by atoms with E-state index in [0.29, 0.717) is 17.7 Å². The van der Waals surface area contributed by atoms with Gasteiger partial charge >= 0.3 is 0 Å². The third kappa shape index (κ3) is 3.18. The summed E-state index contributed by atoms with van der Waals surface area (Å²) in [6.07, 6.45) is 1.90. The van der Waals surface area contributed by atoms with E-state index < -0.39 is 0 Å². The second kappa shape index (κ2) is 5.20. The molecule has 1 atom stereocenters. The number of aromatic nitrogens is 1. The lowest BCUT2D eigenvalue weighted by Gasteiger charge is -2.17. The van der Waals surface area contributed by atoms with Gasteiger partial charge < -0.3 is 4.74 Å². The molecule has 0 amide bonds. The van der Waals surface area contributed by atoms with Gasteiger partial charge in [-0.2, -0.15) is 0 Å². The molecular weight excluding hydrogens is 198 g/mol. The lowest BCUT2D eigenvalue weighted by Crippen LogP contribution is -2.19. The number of halogens is 1. The monoisotopic (exact) mass is 213 g/mol. The molecule has 1 rings (SSSR count). The lowest BCUT2D eigenvalue weighted by molar-refractivity contribution is 0.163. The van der Waals surface area contributed by atoms with Crippen LogP contribution in [0.25, 0.3) is 0 Å². The molecule has 1 heterocycles. The Labute approximate surface area is 90.3 Å². The molecule has 2 nitrogen and oxygen atoms in total. The standard InChI is InChI=1S/C11H16ClNO/c1-8(2)9(3)14-11-6-10(7-12)4-5-13-11/h4-6,8-9H,7H2,1-3H3. The van der Waals surface area contributed by atoms with Gasteiger partial charge in [-0.05, 0) is 24.5 Å². The van der Waals surface area contributed by atoms with Gasteiger partial charge in [-0.1, -0.05) is 13.8 Å². The fourth-order valence-corrected chi connectivity index (χ4v) is 1.09. The molecule has 0 spiro atoms. The maximum atomic E-state index is 5.71. The fourth-order valence-electron chi connectivity index (χ4n) is 0.925. The van der Waals surface area contributed by atoms with Gasteiger partial charge in [0.15, 0.2) is 0 Å². The van der Waals surface area contributed by atoms with Gasteiger partial charge in [0.2, 0.25) is 5.88 Å². The zero-order valence-corrected chi connectivity index (χ0v) is 9.58. The predicted octanol–water partition coefficient (Wildman–Crippen LogP) is 3.24. The summed E-state index contributed by atoms with van der Waals surface area (Å²) in [5, 5.41) is 0. The minimum atomic E-state index is 0.174. The van der Waals surface area contributed by atoms with Crippen LogP contribution in [0.2, 0.25) is 0 Å². The van der Waals surface area contributed by atoms with Crippen molar-refractivity contribution in [3.63, 3.8) is 0 Å². The van der Waals surface area contributed by atoms with Crippen molar-refractivity contribution in [2.45, 2.75) is 32.8 Å². The minimum Gasteiger partial charge on any atom is -0.474 e. The lowest BCUT2D eigenvalue weighted by atomic mass is 10.1. The second-order valence-corrected chi connectivity index (χ2v) is 3.97. The molecule has 3 heteroatoms. The minimum absolute atomic E-state index is 0.174. The van der Waals surface area contributed by atoms with Crippen LogP contribution in [-0.4, -0.2) is 11.1 Å². The van der Waals surface area contributed by atoms with Crippen LogP contribution < -0.4 is 4.74 Å². The zero-order chi connectivity index (χ0) is 10.6. The van der Waals surface area contributed by atoms with Crippen molar-refractivity contribution in [3.8, 4) is 5.88 Å². The Bertz CT molecular complexity index is 288. The summed E-state index contributed by atoms with van der Waals surface area (Å²) in [4.78, 5) is 4.13. The quantitative estimate of drug-likeness (QED) is 0.717. The molecule has 0 saturated carbocycles. The molecule has 0 aromatic carbocycles. The smallest absolute Gasteiger partial charge is 0.213 e. The SMILES string of the molecule is CC(C)C(C)Oc1cc(CCl)ccn1. The molecule has 0 saturated heterocycles. The first kappa shape index (κ1) is 11.3. The van der Waals surface area contributed by atoms with E-state index in [1.807, 2.05) is 19.1 Å². The normalized spacial score (nSPS) is 12.9. The summed E-state index contributed by atoms with van der Waals surface area (Å²) in [6.45, 7) is 6.28. The molecule has 0 aliphatic rings. The molecule has 0 aliphatic heterocycles. The Balaban J connectivity index is 2.66. The van der Waals surface area contributed by atoms with Crippen LogP contribution in [0.15, 0.2) is 18.3 Å². The molecule has 1 unspecified atom stereocenters. The molecule has 0 aliphatic carbocycles. The molecule has 1 aromatic heterocycles. The van der Waals surface area contributed by atoms with Crippen LogP contribution in [-0.2, 0) is 5.88 Å². The topological polar surface area (TPSA) is 22.1 Å². The van der Waals surface area contributed by atoms with Gasteiger partial charge in [0, 0.05) is 18.1 Å². The molecule has 0 bridgehead atoms. The Kier molecular flexibility index (Phi) is 4.21. The number of pyridine rings is 1. The van der Waals surface area contributed by atoms with Gasteiger partial charge in [-0.25, -0.2) is 4.98 Å². The average Bonchev–Trinajstić information content (AvgIpc) is 2.18. The Hall–Kier alpha value is -0.760. The van der Waals surface area contributed by atoms with Crippen molar-refractivity contribution in [2.24, 2.45) is 5.92 Å². The number of hydrogen-bond acceptors (Lipinski definition) is 2. The number of ether oxygens (including phenoxy) is 1. The van der Waals surface area contributed by atoms with E-state index in [9.17, 15) is 0 Å². The summed E-state index contributed by atoms with van der Waals surface area (Å²) in [6, 6.07) is 3.77. The maximum absolute atomic E-state index is 5.71. The fraction of sp³-hybridized carbons (Fsp3) is 0.545. The summed E-state index contributed by atoms with van der Waals surface area (Å²) >= 11 is 5.71. The summed E-state index contributed by atoms with van der Waals surface area (Å²) < 4.78 is 5.65. The highest BCUT2D eigenvalue weighted by molar-refractivity contribution is 6.17. The largest absolute Gasteiger partial charge is 0.474 e. The maximum Gasteiger partial charge on any atom is 0.213 e. The predicted molar refractivity (Wildman–Crippen MR) is 58.7 cm³/mol. The highest BCUT2D eigenvalue weighted by Gasteiger charge is 2.09. The Morgan fingerprint density at radius 1 is 1.43 bits per heavy atom. The van der Waals surface area contributed by atoms with E-state index >= 15 is 0 Å². The average molecular weight is 214 g/mol. The molecule has 0 fully saturated rings. The van der Waals surface area contributed by atoms with E-state index in [1.54, 1.807) is 6.20 Å². The first-order valence-corrected chi connectivity index (χ1v) is 5.34. The number of nitrogens with zero attached hydrogens (tertiary/aromatic N) is 1. The number of alkyl halides is 1. The van der Waals surface area contributed by atoms with Crippen LogP contribution in [0.3, 0.4) is 0 Å². The van der Waals surface area contributed by atoms with Crippen molar-refractivity contribution < 1.29 is 4.74 Å². The zero-order valence-electron chi connectivity index (χ0n) is 8.83. The van der Waals surface area contributed by atoms with Crippen LogP contribution >= 0.6 is 11.6 Å². The van der Waals surface area contributed by atoms with E-state index in [-0.39, 0.29) is 6.10 Å². The van der Waals surface area contributed by atoms with Gasteiger partial charge in [-0.15, -0.1) is 11.6 Å². The van der Waals surface area contributed by atoms with Crippen LogP contribution in [0.1, 0.15) is 26.3 Å². The van der Waals surface area contributed by atoms with E-state index in [1.165, 1.54) is 0 Å². The molecule has 78 valence electrons. The summed E-state index contributed by atoms with van der Waals surface area (Å²) in [5.74, 6) is 1.63. The van der Waals surface area contributed by atoms with Crippen molar-refractivity contribution in [1.82, 2.24) is 4.98 Å². The van der Waals surface area contributed by atoms with Crippen molar-refractivity contribution in [3.05, 3.63) is 23.9 Å². The summed E-state index contributed by atoms with van der Waals surface area (Å²) in [5.41, 5.74) is 1.03. The molecule has 1 aromatic rings. The molecule has 14 heavy (non-hydrogen) atoms. The third-order valence-electron chi connectivity index (χ3n) is 2.20. The van der Waals surface area contributed by atoms with Gasteiger partial charge in [0.05, 0.1) is 6.10 Å². The first-order chi connectivity index (χ1) is 6.63. The summed E-state index contributed by atoms with van der Waals surface area (Å²) in [7, 11) is 0. The Morgan fingerprint density at radius 3 is 2.71 bits per heavy atom. The highest BCUT2D eigenvalue weighted by atomic mass is 35.5. The third-order valence-corrected chi connectivity index (χ3v) is 2.51. The molecule has 0 radical (unpaired) electrons. The Morgan fingerprint density at radius 2 is 2.14 bits per heavy atom. The van der Waals surface area contributed by atoms with Crippen molar-refractivity contribution in [2.75, 3.05) is 0 Å². The van der Waals surface area contributed by atoms with Gasteiger partial charge in [0.25, 0.3) is 0 Å². The van der Waals surface area contributed by atoms with Crippen molar-refractivity contribution in [1.29, 1.82) is 0 Å². The van der Waals surface area contributed by atoms with Crippen LogP contribution in [0.5, 0.6) is 5.88 Å². The van der Waals surface area contributed by atoms with Crippen LogP contribution in [0, 0.1) is 5.92 Å². The van der Waals surface area contributed by atoms with E-state index in [0.717, 1.165) is 5.56 Å². The van der Waals surface area contributed by atoms with E-state index in [2.05, 4.69) is 18.8 Å². The van der Waals surface area contributed by atoms with Crippen LogP contribution in [0.4, 0.5) is 0 Å². The van der Waals surface area contributed by atoms with Gasteiger partial charge in [0.1, 0.15) is 0 Å². The van der Waals surface area contributed by atoms with Crippen molar-refractivity contribution >= 4 is 11.6 Å². The number of hydrogen-bond donors (Lipinski definition) is 0. The van der Waals surface area contributed by atoms with Gasteiger partial charge in [-0.3, -0.25) is 0 Å². The molecule has 0 N–H and O–H groups in total. The highest BCUT2D eigenvalue weighted by Crippen LogP contribution is 2.15. The van der Waals surface area contributed by atoms with E-state index in [4.69, 9.17) is 16.3 Å². The second-order valence-electron chi connectivity index (χ2n) is 3.70. The molecular formula is C11H16ClNO. The number of rotatable bonds is 4.